The summed E-state index contributed by atoms with van der Waals surface area (Å²) in [5.74, 6) is 0.581. The molecule has 140 valence electrons. The van der Waals surface area contributed by atoms with E-state index in [0.717, 1.165) is 46.3 Å². The van der Waals surface area contributed by atoms with Crippen molar-refractivity contribution >= 4 is 28.8 Å². The molecular formula is C21H23N3O2S. The average Bonchev–Trinajstić information content (AvgIpc) is 3.00. The second kappa shape index (κ2) is 7.88. The van der Waals surface area contributed by atoms with E-state index in [1.54, 1.807) is 35.6 Å². The fourth-order valence-corrected chi connectivity index (χ4v) is 3.89. The predicted octanol–water partition coefficient (Wildman–Crippen LogP) is 5.39. The van der Waals surface area contributed by atoms with Crippen LogP contribution in [0.3, 0.4) is 0 Å². The molecule has 0 saturated heterocycles. The lowest BCUT2D eigenvalue weighted by molar-refractivity contribution is 0.0697. The van der Waals surface area contributed by atoms with Crippen molar-refractivity contribution in [1.29, 1.82) is 0 Å². The van der Waals surface area contributed by atoms with E-state index in [0.29, 0.717) is 0 Å². The van der Waals surface area contributed by atoms with Gasteiger partial charge < -0.3 is 10.4 Å². The topological polar surface area (TPSA) is 75.1 Å². The summed E-state index contributed by atoms with van der Waals surface area (Å²) in [5.41, 5.74) is 4.44. The van der Waals surface area contributed by atoms with Crippen LogP contribution in [-0.2, 0) is 12.8 Å². The van der Waals surface area contributed by atoms with Crippen LogP contribution in [0.2, 0.25) is 0 Å². The second-order valence-electron chi connectivity index (χ2n) is 6.39. The molecule has 0 amide bonds. The van der Waals surface area contributed by atoms with Crippen molar-refractivity contribution in [3.63, 3.8) is 0 Å². The van der Waals surface area contributed by atoms with Gasteiger partial charge in [-0.3, -0.25) is 0 Å². The first-order valence-electron chi connectivity index (χ1n) is 9.00. The van der Waals surface area contributed by atoms with Gasteiger partial charge in [-0.2, -0.15) is 0 Å². The van der Waals surface area contributed by atoms with Gasteiger partial charge in [-0.25, -0.2) is 14.8 Å². The number of nitrogens with zero attached hydrogens (tertiary/aromatic N) is 2. The normalized spacial score (nSPS) is 10.8. The highest BCUT2D eigenvalue weighted by Gasteiger charge is 2.15. The van der Waals surface area contributed by atoms with Crippen LogP contribution >= 0.6 is 11.3 Å². The maximum Gasteiger partial charge on any atom is 0.335 e. The lowest BCUT2D eigenvalue weighted by Crippen LogP contribution is -2.07. The van der Waals surface area contributed by atoms with Gasteiger partial charge in [-0.05, 0) is 62.6 Å². The van der Waals surface area contributed by atoms with Crippen molar-refractivity contribution in [1.82, 2.24) is 9.97 Å². The van der Waals surface area contributed by atoms with E-state index in [-0.39, 0.29) is 5.56 Å². The number of aromatic nitrogens is 2. The minimum Gasteiger partial charge on any atom is -0.478 e. The first-order chi connectivity index (χ1) is 12.9. The Labute approximate surface area is 163 Å². The molecule has 0 saturated carbocycles. The third kappa shape index (κ3) is 4.01. The second-order valence-corrected chi connectivity index (χ2v) is 7.64. The minimum absolute atomic E-state index is 0.262. The number of aryl methyl sites for hydroxylation is 3. The Hall–Kier alpha value is -2.73. The summed E-state index contributed by atoms with van der Waals surface area (Å²) in [6, 6.07) is 8.83. The van der Waals surface area contributed by atoms with Gasteiger partial charge >= 0.3 is 5.97 Å². The summed E-state index contributed by atoms with van der Waals surface area (Å²) in [6.07, 6.45) is 1.65. The van der Waals surface area contributed by atoms with Crippen LogP contribution in [0.25, 0.3) is 10.7 Å². The molecule has 2 aromatic heterocycles. The number of rotatable bonds is 6. The fraction of sp³-hybridized carbons (Fsp3) is 0.286. The van der Waals surface area contributed by atoms with E-state index < -0.39 is 5.97 Å². The number of carboxylic acid groups (broad SMARTS) is 1. The number of aromatic carboxylic acids is 1. The zero-order valence-corrected chi connectivity index (χ0v) is 16.8. The molecule has 3 aromatic rings. The molecule has 0 bridgehead atoms. The SMILES string of the molecule is CCc1nc(-c2cc(C)c(C)s2)nc(Nc2ccc(C(=O)O)cc2)c1CC. The van der Waals surface area contributed by atoms with E-state index in [2.05, 4.69) is 39.1 Å². The summed E-state index contributed by atoms with van der Waals surface area (Å²) in [6.45, 7) is 8.39. The van der Waals surface area contributed by atoms with Gasteiger partial charge in [0.15, 0.2) is 5.82 Å². The molecule has 0 radical (unpaired) electrons. The molecular weight excluding hydrogens is 358 g/mol. The van der Waals surface area contributed by atoms with E-state index in [1.807, 2.05) is 0 Å². The van der Waals surface area contributed by atoms with Gasteiger partial charge in [0, 0.05) is 21.8 Å². The smallest absolute Gasteiger partial charge is 0.335 e. The zero-order chi connectivity index (χ0) is 19.6. The molecule has 0 aliphatic carbocycles. The Balaban J connectivity index is 2.04. The molecule has 6 heteroatoms. The van der Waals surface area contributed by atoms with Crippen molar-refractivity contribution in [3.8, 4) is 10.7 Å². The highest BCUT2D eigenvalue weighted by Crippen LogP contribution is 2.32. The van der Waals surface area contributed by atoms with Crippen molar-refractivity contribution < 1.29 is 9.90 Å². The third-order valence-electron chi connectivity index (χ3n) is 4.56. The number of hydrogen-bond acceptors (Lipinski definition) is 5. The number of carbonyl (C=O) groups is 1. The molecule has 27 heavy (non-hydrogen) atoms. The van der Waals surface area contributed by atoms with Gasteiger partial charge in [0.1, 0.15) is 5.82 Å². The van der Waals surface area contributed by atoms with E-state index >= 15 is 0 Å². The molecule has 0 fully saturated rings. The maximum absolute atomic E-state index is 11.0. The van der Waals surface area contributed by atoms with Crippen LogP contribution in [0.15, 0.2) is 30.3 Å². The fourth-order valence-electron chi connectivity index (χ4n) is 2.92. The highest BCUT2D eigenvalue weighted by atomic mass is 32.1. The van der Waals surface area contributed by atoms with Gasteiger partial charge in [-0.15, -0.1) is 11.3 Å². The number of anilines is 2. The molecule has 0 aliphatic heterocycles. The quantitative estimate of drug-likeness (QED) is 0.599. The Kier molecular flexibility index (Phi) is 5.56. The zero-order valence-electron chi connectivity index (χ0n) is 16.0. The van der Waals surface area contributed by atoms with Crippen molar-refractivity contribution in [2.24, 2.45) is 0 Å². The Morgan fingerprint density at radius 2 is 1.81 bits per heavy atom. The van der Waals surface area contributed by atoms with Crippen LogP contribution in [0.1, 0.15) is 45.9 Å². The monoisotopic (exact) mass is 381 g/mol. The standard InChI is InChI=1S/C21H23N3O2S/c1-5-16-17(6-2)23-20(18-11-12(3)13(4)27-18)24-19(16)22-15-9-7-14(8-10-15)21(25)26/h7-11H,5-6H2,1-4H3,(H,25,26)(H,22,23,24). The molecule has 1 aromatic carbocycles. The summed E-state index contributed by atoms with van der Waals surface area (Å²) in [7, 11) is 0. The largest absolute Gasteiger partial charge is 0.478 e. The van der Waals surface area contributed by atoms with E-state index in [4.69, 9.17) is 15.1 Å². The average molecular weight is 382 g/mol. The molecule has 0 aliphatic rings. The first-order valence-corrected chi connectivity index (χ1v) is 9.82. The number of hydrogen-bond donors (Lipinski definition) is 2. The van der Waals surface area contributed by atoms with Gasteiger partial charge in [-0.1, -0.05) is 13.8 Å². The van der Waals surface area contributed by atoms with Crippen LogP contribution < -0.4 is 5.32 Å². The number of carboxylic acids is 1. The summed E-state index contributed by atoms with van der Waals surface area (Å²) in [4.78, 5) is 23.0. The Morgan fingerprint density at radius 1 is 1.11 bits per heavy atom. The highest BCUT2D eigenvalue weighted by molar-refractivity contribution is 7.15. The van der Waals surface area contributed by atoms with E-state index in [1.165, 1.54) is 10.4 Å². The number of thiophene rings is 1. The van der Waals surface area contributed by atoms with Crippen molar-refractivity contribution in [2.45, 2.75) is 40.5 Å². The van der Waals surface area contributed by atoms with Crippen molar-refractivity contribution in [2.75, 3.05) is 5.32 Å². The van der Waals surface area contributed by atoms with Crippen LogP contribution in [0.5, 0.6) is 0 Å². The molecule has 2 heterocycles. The predicted molar refractivity (Wildman–Crippen MR) is 110 cm³/mol. The lowest BCUT2D eigenvalue weighted by Gasteiger charge is -2.15. The number of nitrogens with one attached hydrogen (secondary N) is 1. The maximum atomic E-state index is 11.0. The Bertz CT molecular complexity index is 958. The molecule has 0 spiro atoms. The van der Waals surface area contributed by atoms with Crippen LogP contribution in [0.4, 0.5) is 11.5 Å². The van der Waals surface area contributed by atoms with Crippen LogP contribution in [-0.4, -0.2) is 21.0 Å². The van der Waals surface area contributed by atoms with Crippen molar-refractivity contribution in [3.05, 3.63) is 57.6 Å². The molecule has 0 atom stereocenters. The molecule has 5 nitrogen and oxygen atoms in total. The minimum atomic E-state index is -0.933. The number of benzene rings is 1. The van der Waals surface area contributed by atoms with Gasteiger partial charge in [0.05, 0.1) is 10.4 Å². The van der Waals surface area contributed by atoms with Gasteiger partial charge in [0.25, 0.3) is 0 Å². The van der Waals surface area contributed by atoms with E-state index in [9.17, 15) is 4.79 Å². The van der Waals surface area contributed by atoms with Gasteiger partial charge in [0.2, 0.25) is 0 Å². The third-order valence-corrected chi connectivity index (χ3v) is 5.71. The summed E-state index contributed by atoms with van der Waals surface area (Å²) >= 11 is 1.70. The molecule has 2 N–H and O–H groups in total. The molecule has 0 unspecified atom stereocenters. The first kappa shape index (κ1) is 19.0. The lowest BCUT2D eigenvalue weighted by atomic mass is 10.1. The summed E-state index contributed by atoms with van der Waals surface area (Å²) in [5, 5.41) is 12.4. The Morgan fingerprint density at radius 3 is 2.33 bits per heavy atom. The van der Waals surface area contributed by atoms with Crippen LogP contribution in [0, 0.1) is 13.8 Å². The summed E-state index contributed by atoms with van der Waals surface area (Å²) < 4.78 is 0. The molecule has 3 rings (SSSR count).